The van der Waals surface area contributed by atoms with Crippen LogP contribution in [0.1, 0.15) is 46.5 Å². The number of carbonyl (C=O) groups excluding carboxylic acids is 1. The minimum atomic E-state index is -2.63. The molecule has 2 aliphatic carbocycles. The van der Waals surface area contributed by atoms with Crippen molar-refractivity contribution in [3.8, 4) is 0 Å². The second-order valence-corrected chi connectivity index (χ2v) is 10.8. The van der Waals surface area contributed by atoms with Gasteiger partial charge in [-0.1, -0.05) is 0 Å². The average Bonchev–Trinajstić information content (AvgIpc) is 2.99. The molecule has 2 saturated carbocycles. The van der Waals surface area contributed by atoms with Crippen LogP contribution in [0.25, 0.3) is 0 Å². The molecule has 0 aliphatic heterocycles. The molecular weight excluding hydrogens is 300 g/mol. The van der Waals surface area contributed by atoms with Gasteiger partial charge in [0, 0.05) is 33.3 Å². The van der Waals surface area contributed by atoms with Gasteiger partial charge in [0.05, 0.1) is 0 Å². The van der Waals surface area contributed by atoms with Crippen molar-refractivity contribution in [1.82, 2.24) is 0 Å². The van der Waals surface area contributed by atoms with Crippen molar-refractivity contribution in [3.63, 3.8) is 0 Å². The second kappa shape index (κ2) is 6.59. The van der Waals surface area contributed by atoms with Crippen molar-refractivity contribution in [3.05, 3.63) is 0 Å². The van der Waals surface area contributed by atoms with Crippen LogP contribution in [0.3, 0.4) is 0 Å². The Kier molecular flexibility index (Phi) is 5.37. The summed E-state index contributed by atoms with van der Waals surface area (Å²) >= 11 is 0. The normalized spacial score (nSPS) is 31.5. The van der Waals surface area contributed by atoms with E-state index in [4.69, 9.17) is 18.0 Å². The highest BCUT2D eigenvalue weighted by molar-refractivity contribution is 6.62. The number of esters is 1. The Balaban J connectivity index is 2.04. The molecule has 22 heavy (non-hydrogen) atoms. The van der Waals surface area contributed by atoms with Crippen LogP contribution in [0.15, 0.2) is 0 Å². The van der Waals surface area contributed by atoms with Crippen LogP contribution in [-0.4, -0.2) is 41.7 Å². The van der Waals surface area contributed by atoms with E-state index in [2.05, 4.69) is 0 Å². The standard InChI is InChI=1S/C16H30O5Si/c1-16(2,3)21-15(17)10-12-7-11-8-13(12)14(9-11)22(18-4,19-5)20-6/h11-14H,7-10H2,1-6H3. The molecule has 0 radical (unpaired) electrons. The van der Waals surface area contributed by atoms with Gasteiger partial charge in [-0.25, -0.2) is 0 Å². The summed E-state index contributed by atoms with van der Waals surface area (Å²) in [5.41, 5.74) is -0.114. The molecule has 2 rings (SSSR count). The van der Waals surface area contributed by atoms with Crippen molar-refractivity contribution in [2.45, 2.75) is 57.6 Å². The Morgan fingerprint density at radius 1 is 1.05 bits per heavy atom. The zero-order chi connectivity index (χ0) is 16.5. The lowest BCUT2D eigenvalue weighted by molar-refractivity contribution is -0.156. The number of ether oxygens (including phenoxy) is 1. The number of fused-ring (bicyclic) bond motifs is 2. The highest BCUT2D eigenvalue weighted by Crippen LogP contribution is 2.59. The molecule has 4 atom stereocenters. The summed E-state index contributed by atoms with van der Waals surface area (Å²) in [7, 11) is 2.39. The first-order chi connectivity index (χ1) is 10.2. The molecule has 2 fully saturated rings. The SMILES string of the molecule is CO[Si](OC)(OC)C1CC2CC(CC(=O)OC(C)(C)C)C1C2. The second-order valence-electron chi connectivity index (χ2n) is 7.61. The first-order valence-electron chi connectivity index (χ1n) is 8.12. The van der Waals surface area contributed by atoms with E-state index in [0.29, 0.717) is 29.7 Å². The van der Waals surface area contributed by atoms with E-state index in [1.165, 1.54) is 0 Å². The van der Waals surface area contributed by atoms with E-state index in [1.54, 1.807) is 21.3 Å². The van der Waals surface area contributed by atoms with E-state index >= 15 is 0 Å². The van der Waals surface area contributed by atoms with Crippen LogP contribution in [0, 0.1) is 17.8 Å². The monoisotopic (exact) mass is 330 g/mol. The Morgan fingerprint density at radius 3 is 2.09 bits per heavy atom. The summed E-state index contributed by atoms with van der Waals surface area (Å²) in [4.78, 5) is 12.2. The van der Waals surface area contributed by atoms with Crippen LogP contribution in [0.4, 0.5) is 0 Å². The van der Waals surface area contributed by atoms with E-state index in [9.17, 15) is 4.79 Å². The van der Waals surface area contributed by atoms with Crippen LogP contribution >= 0.6 is 0 Å². The van der Waals surface area contributed by atoms with Crippen LogP contribution in [0.5, 0.6) is 0 Å². The number of carbonyl (C=O) groups is 1. The molecule has 5 nitrogen and oxygen atoms in total. The van der Waals surface area contributed by atoms with Gasteiger partial charge in [-0.3, -0.25) is 4.79 Å². The van der Waals surface area contributed by atoms with Crippen LogP contribution in [0.2, 0.25) is 5.54 Å². The van der Waals surface area contributed by atoms with Crippen molar-refractivity contribution >= 4 is 14.8 Å². The molecule has 6 heteroatoms. The zero-order valence-corrected chi connectivity index (χ0v) is 15.7. The Hall–Kier alpha value is -0.433. The van der Waals surface area contributed by atoms with Gasteiger partial charge in [0.25, 0.3) is 0 Å². The summed E-state index contributed by atoms with van der Waals surface area (Å²) < 4.78 is 22.5. The Bertz CT molecular complexity index is 394. The predicted octanol–water partition coefficient (Wildman–Crippen LogP) is 3.01. The Labute approximate surface area is 135 Å². The molecule has 2 bridgehead atoms. The maximum Gasteiger partial charge on any atom is 0.503 e. The lowest BCUT2D eigenvalue weighted by Crippen LogP contribution is -2.50. The lowest BCUT2D eigenvalue weighted by atomic mass is 9.86. The molecule has 0 saturated heterocycles. The Morgan fingerprint density at radius 2 is 1.64 bits per heavy atom. The van der Waals surface area contributed by atoms with Gasteiger partial charge in [-0.05, 0) is 57.8 Å². The minimum absolute atomic E-state index is 0.0942. The largest absolute Gasteiger partial charge is 0.503 e. The fraction of sp³-hybridized carbons (Fsp3) is 0.938. The third-order valence-corrected chi connectivity index (χ3v) is 8.39. The summed E-state index contributed by atoms with van der Waals surface area (Å²) in [6.45, 7) is 5.73. The zero-order valence-electron chi connectivity index (χ0n) is 14.7. The van der Waals surface area contributed by atoms with E-state index in [1.807, 2.05) is 20.8 Å². The predicted molar refractivity (Wildman–Crippen MR) is 85.3 cm³/mol. The molecule has 4 unspecified atom stereocenters. The van der Waals surface area contributed by atoms with Gasteiger partial charge in [0.2, 0.25) is 0 Å². The van der Waals surface area contributed by atoms with Crippen LogP contribution in [-0.2, 0) is 22.8 Å². The molecular formula is C16H30O5Si. The van der Waals surface area contributed by atoms with E-state index < -0.39 is 14.4 Å². The molecule has 0 N–H and O–H groups in total. The van der Waals surface area contributed by atoms with Crippen molar-refractivity contribution in [1.29, 1.82) is 0 Å². The smallest absolute Gasteiger partial charge is 0.460 e. The van der Waals surface area contributed by atoms with Gasteiger partial charge in [0.1, 0.15) is 5.60 Å². The van der Waals surface area contributed by atoms with Crippen LogP contribution < -0.4 is 0 Å². The highest BCUT2D eigenvalue weighted by atomic mass is 28.4. The molecule has 2 aliphatic rings. The molecule has 0 spiro atoms. The number of hydrogen-bond acceptors (Lipinski definition) is 5. The van der Waals surface area contributed by atoms with Gasteiger partial charge < -0.3 is 18.0 Å². The third kappa shape index (κ3) is 3.55. The third-order valence-electron chi connectivity index (χ3n) is 5.11. The lowest BCUT2D eigenvalue weighted by Gasteiger charge is -2.38. The maximum absolute atomic E-state index is 12.2. The first-order valence-corrected chi connectivity index (χ1v) is 9.92. The number of hydrogen-bond donors (Lipinski definition) is 0. The van der Waals surface area contributed by atoms with Gasteiger partial charge in [0.15, 0.2) is 0 Å². The summed E-state index contributed by atoms with van der Waals surface area (Å²) in [5.74, 6) is 1.38. The maximum atomic E-state index is 12.2. The molecule has 0 aromatic rings. The summed E-state index contributed by atoms with van der Waals surface area (Å²) in [6.07, 6.45) is 3.86. The van der Waals surface area contributed by atoms with Crippen molar-refractivity contribution in [2.24, 2.45) is 17.8 Å². The highest BCUT2D eigenvalue weighted by Gasteiger charge is 2.59. The molecule has 0 amide bonds. The van der Waals surface area contributed by atoms with Gasteiger partial charge in [-0.15, -0.1) is 0 Å². The van der Waals surface area contributed by atoms with E-state index in [-0.39, 0.29) is 5.97 Å². The van der Waals surface area contributed by atoms with Gasteiger partial charge in [-0.2, -0.15) is 0 Å². The number of rotatable bonds is 6. The molecule has 0 aromatic carbocycles. The quantitative estimate of drug-likeness (QED) is 0.553. The molecule has 128 valence electrons. The fourth-order valence-corrected chi connectivity index (χ4v) is 7.40. The van der Waals surface area contributed by atoms with E-state index in [0.717, 1.165) is 19.3 Å². The molecule has 0 aromatic heterocycles. The first kappa shape index (κ1) is 17.9. The summed E-state index contributed by atoms with van der Waals surface area (Å²) in [6, 6.07) is 0. The average molecular weight is 330 g/mol. The van der Waals surface area contributed by atoms with Crippen molar-refractivity contribution in [2.75, 3.05) is 21.3 Å². The summed E-state index contributed by atoms with van der Waals surface area (Å²) in [5, 5.41) is 0. The van der Waals surface area contributed by atoms with Gasteiger partial charge >= 0.3 is 14.8 Å². The molecule has 0 heterocycles. The fourth-order valence-electron chi connectivity index (χ4n) is 4.44. The van der Waals surface area contributed by atoms with Crippen molar-refractivity contribution < 1.29 is 22.8 Å². The topological polar surface area (TPSA) is 54.0 Å². The minimum Gasteiger partial charge on any atom is -0.460 e.